The molecule has 2 aliphatic heterocycles. The van der Waals surface area contributed by atoms with E-state index in [1.54, 1.807) is 7.11 Å². The Morgan fingerprint density at radius 3 is 2.56 bits per heavy atom. The summed E-state index contributed by atoms with van der Waals surface area (Å²) >= 11 is 0. The fraction of sp³-hybridized carbons (Fsp3) is 0.407. The molecule has 2 aliphatic rings. The summed E-state index contributed by atoms with van der Waals surface area (Å²) in [6, 6.07) is 16.4. The Balaban J connectivity index is 1.42. The quantitative estimate of drug-likeness (QED) is 0.553. The van der Waals surface area contributed by atoms with Crippen molar-refractivity contribution in [2.24, 2.45) is 0 Å². The number of amides is 2. The van der Waals surface area contributed by atoms with Crippen molar-refractivity contribution in [3.63, 3.8) is 0 Å². The molecule has 0 atom stereocenters. The molecule has 0 unspecified atom stereocenters. The van der Waals surface area contributed by atoms with Crippen molar-refractivity contribution in [1.29, 1.82) is 0 Å². The molecule has 0 saturated carbocycles. The van der Waals surface area contributed by atoms with Gasteiger partial charge in [0.2, 0.25) is 0 Å². The first-order chi connectivity index (χ1) is 16.6. The lowest BCUT2D eigenvalue weighted by molar-refractivity contribution is 0.0721. The van der Waals surface area contributed by atoms with Gasteiger partial charge in [-0.15, -0.1) is 0 Å². The van der Waals surface area contributed by atoms with Crippen LogP contribution in [-0.4, -0.2) is 64.9 Å². The maximum atomic E-state index is 13.9. The number of ether oxygens (including phenoxy) is 1. The van der Waals surface area contributed by atoms with E-state index in [0.717, 1.165) is 73.6 Å². The molecule has 2 amide bonds. The van der Waals surface area contributed by atoms with Crippen LogP contribution in [0.5, 0.6) is 5.75 Å². The number of anilines is 1. The summed E-state index contributed by atoms with van der Waals surface area (Å²) in [6.45, 7) is 6.73. The van der Waals surface area contributed by atoms with E-state index in [1.165, 1.54) is 0 Å². The molecule has 0 bridgehead atoms. The Bertz CT molecular complexity index is 1100. The number of aromatic amines is 1. The molecule has 7 heteroatoms. The van der Waals surface area contributed by atoms with Crippen LogP contribution >= 0.6 is 0 Å². The Hall–Kier alpha value is -3.32. The molecule has 1 spiro atoms. The number of rotatable bonds is 7. The molecule has 34 heavy (non-hydrogen) atoms. The second kappa shape index (κ2) is 9.50. The van der Waals surface area contributed by atoms with E-state index in [1.807, 2.05) is 35.5 Å². The zero-order valence-electron chi connectivity index (χ0n) is 20.0. The van der Waals surface area contributed by atoms with E-state index < -0.39 is 0 Å². The summed E-state index contributed by atoms with van der Waals surface area (Å²) < 4.78 is 5.43. The molecular weight excluding hydrogens is 426 g/mol. The normalized spacial score (nSPS) is 18.1. The molecular formula is C27H33N5O2. The third-order valence-corrected chi connectivity index (χ3v) is 7.30. The Labute approximate surface area is 201 Å². The van der Waals surface area contributed by atoms with Crippen LogP contribution in [-0.2, 0) is 6.54 Å². The van der Waals surface area contributed by atoms with Crippen molar-refractivity contribution < 1.29 is 9.53 Å². The van der Waals surface area contributed by atoms with E-state index in [0.29, 0.717) is 6.54 Å². The average Bonchev–Trinajstić information content (AvgIpc) is 3.50. The van der Waals surface area contributed by atoms with Gasteiger partial charge in [-0.05, 0) is 61.2 Å². The van der Waals surface area contributed by atoms with Crippen LogP contribution in [0.25, 0.3) is 11.1 Å². The van der Waals surface area contributed by atoms with Gasteiger partial charge in [-0.25, -0.2) is 4.79 Å². The SMILES string of the molecule is CCCN1CCC2(CC1)CN(c1ccc(-c3cn[nH]c3)cc1)C(=O)N2Cc1cccc(OC)c1. The standard InChI is InChI=1S/C27H33N5O2/c1-3-13-30-14-11-27(12-15-30)20-31(24-9-7-22(8-10-24)23-17-28-29-18-23)26(33)32(27)19-21-5-4-6-25(16-21)34-2/h4-10,16-18H,3,11-15,19-20H2,1-2H3,(H,28,29). The highest BCUT2D eigenvalue weighted by molar-refractivity contribution is 5.95. The molecule has 1 aromatic heterocycles. The highest BCUT2D eigenvalue weighted by Crippen LogP contribution is 2.40. The van der Waals surface area contributed by atoms with E-state index in [-0.39, 0.29) is 11.6 Å². The lowest BCUT2D eigenvalue weighted by Gasteiger charge is -2.43. The third-order valence-electron chi connectivity index (χ3n) is 7.30. The number of nitrogens with one attached hydrogen (secondary N) is 1. The van der Waals surface area contributed by atoms with Gasteiger partial charge >= 0.3 is 6.03 Å². The lowest BCUT2D eigenvalue weighted by atomic mass is 9.86. The van der Waals surface area contributed by atoms with Crippen LogP contribution in [0.1, 0.15) is 31.7 Å². The molecule has 2 saturated heterocycles. The first kappa shape index (κ1) is 22.5. The minimum Gasteiger partial charge on any atom is -0.497 e. The molecule has 3 aromatic rings. The largest absolute Gasteiger partial charge is 0.497 e. The molecule has 0 radical (unpaired) electrons. The van der Waals surface area contributed by atoms with Crippen molar-refractivity contribution in [3.8, 4) is 16.9 Å². The van der Waals surface area contributed by atoms with E-state index in [9.17, 15) is 4.79 Å². The number of urea groups is 1. The number of carbonyl (C=O) groups excluding carboxylic acids is 1. The van der Waals surface area contributed by atoms with Gasteiger partial charge in [-0.2, -0.15) is 5.10 Å². The van der Waals surface area contributed by atoms with Crippen molar-refractivity contribution in [3.05, 3.63) is 66.5 Å². The summed E-state index contributed by atoms with van der Waals surface area (Å²) in [5.74, 6) is 0.822. The number of aromatic nitrogens is 2. The smallest absolute Gasteiger partial charge is 0.325 e. The summed E-state index contributed by atoms with van der Waals surface area (Å²) in [5.41, 5.74) is 4.01. The second-order valence-electron chi connectivity index (χ2n) is 9.41. The van der Waals surface area contributed by atoms with Crippen molar-refractivity contribution in [2.45, 2.75) is 38.3 Å². The fourth-order valence-corrected chi connectivity index (χ4v) is 5.37. The number of piperidine rings is 1. The minimum absolute atomic E-state index is 0.0859. The van der Waals surface area contributed by atoms with Crippen LogP contribution < -0.4 is 9.64 Å². The van der Waals surface area contributed by atoms with Gasteiger partial charge in [-0.1, -0.05) is 31.2 Å². The molecule has 1 N–H and O–H groups in total. The van der Waals surface area contributed by atoms with Crippen LogP contribution in [0, 0.1) is 0 Å². The number of likely N-dealkylation sites (tertiary alicyclic amines) is 1. The van der Waals surface area contributed by atoms with Crippen molar-refractivity contribution >= 4 is 11.7 Å². The molecule has 2 aromatic carbocycles. The van der Waals surface area contributed by atoms with Crippen LogP contribution in [0.3, 0.4) is 0 Å². The van der Waals surface area contributed by atoms with Gasteiger partial charge in [0, 0.05) is 37.1 Å². The van der Waals surface area contributed by atoms with Crippen molar-refractivity contribution in [1.82, 2.24) is 20.0 Å². The molecule has 5 rings (SSSR count). The number of carbonyl (C=O) groups is 1. The molecule has 178 valence electrons. The van der Waals surface area contributed by atoms with Gasteiger partial charge in [0.1, 0.15) is 5.75 Å². The van der Waals surface area contributed by atoms with Gasteiger partial charge < -0.3 is 14.5 Å². The highest BCUT2D eigenvalue weighted by atomic mass is 16.5. The first-order valence-corrected chi connectivity index (χ1v) is 12.2. The zero-order valence-corrected chi connectivity index (χ0v) is 20.0. The number of methoxy groups -OCH3 is 1. The first-order valence-electron chi connectivity index (χ1n) is 12.2. The summed E-state index contributed by atoms with van der Waals surface area (Å²) in [5, 5.41) is 6.90. The fourth-order valence-electron chi connectivity index (χ4n) is 5.37. The summed E-state index contributed by atoms with van der Waals surface area (Å²) in [7, 11) is 1.68. The molecule has 7 nitrogen and oxygen atoms in total. The predicted molar refractivity (Wildman–Crippen MR) is 134 cm³/mol. The Morgan fingerprint density at radius 2 is 1.88 bits per heavy atom. The van der Waals surface area contributed by atoms with Gasteiger partial charge in [0.05, 0.1) is 25.4 Å². The second-order valence-corrected chi connectivity index (χ2v) is 9.41. The van der Waals surface area contributed by atoms with Gasteiger partial charge in [0.25, 0.3) is 0 Å². The monoisotopic (exact) mass is 459 g/mol. The van der Waals surface area contributed by atoms with Gasteiger partial charge in [-0.3, -0.25) is 10.00 Å². The highest BCUT2D eigenvalue weighted by Gasteiger charge is 2.51. The Kier molecular flexibility index (Phi) is 6.28. The maximum Gasteiger partial charge on any atom is 0.325 e. The zero-order chi connectivity index (χ0) is 23.5. The number of benzene rings is 2. The summed E-state index contributed by atoms with van der Waals surface area (Å²) in [4.78, 5) is 20.5. The van der Waals surface area contributed by atoms with E-state index in [4.69, 9.17) is 4.74 Å². The van der Waals surface area contributed by atoms with Crippen molar-refractivity contribution in [2.75, 3.05) is 38.2 Å². The minimum atomic E-state index is -0.159. The van der Waals surface area contributed by atoms with Crippen LogP contribution in [0.2, 0.25) is 0 Å². The van der Waals surface area contributed by atoms with E-state index >= 15 is 0 Å². The average molecular weight is 460 g/mol. The molecule has 0 aliphatic carbocycles. The van der Waals surface area contributed by atoms with E-state index in [2.05, 4.69) is 57.3 Å². The third kappa shape index (κ3) is 4.28. The number of H-pyrrole nitrogens is 1. The molecule has 2 fully saturated rings. The predicted octanol–water partition coefficient (Wildman–Crippen LogP) is 4.77. The lowest BCUT2D eigenvalue weighted by Crippen LogP contribution is -2.54. The Morgan fingerprint density at radius 1 is 1.09 bits per heavy atom. The van der Waals surface area contributed by atoms with Crippen LogP contribution in [0.15, 0.2) is 60.9 Å². The maximum absolute atomic E-state index is 13.9. The number of nitrogens with zero attached hydrogens (tertiary/aromatic N) is 4. The summed E-state index contributed by atoms with van der Waals surface area (Å²) in [6.07, 6.45) is 6.84. The topological polar surface area (TPSA) is 64.7 Å². The number of hydrogen-bond donors (Lipinski definition) is 1. The van der Waals surface area contributed by atoms with Gasteiger partial charge in [0.15, 0.2) is 0 Å². The number of hydrogen-bond acceptors (Lipinski definition) is 4. The molecule has 3 heterocycles. The van der Waals surface area contributed by atoms with Crippen LogP contribution in [0.4, 0.5) is 10.5 Å².